The highest BCUT2D eigenvalue weighted by Gasteiger charge is 2.36. The van der Waals surface area contributed by atoms with Crippen LogP contribution in [0.3, 0.4) is 0 Å². The second kappa shape index (κ2) is 13.2. The largest absolute Gasteiger partial charge is 0.310 e. The molecule has 0 atom stereocenters. The van der Waals surface area contributed by atoms with Gasteiger partial charge in [0.1, 0.15) is 0 Å². The lowest BCUT2D eigenvalue weighted by Gasteiger charge is -2.28. The third-order valence-electron chi connectivity index (χ3n) is 12.1. The summed E-state index contributed by atoms with van der Waals surface area (Å²) in [6.45, 7) is 4.70. The van der Waals surface area contributed by atoms with Gasteiger partial charge in [-0.25, -0.2) is 0 Å². The number of rotatable bonds is 6. The van der Waals surface area contributed by atoms with Crippen LogP contribution in [0.25, 0.3) is 75.5 Å². The number of nitrogens with zero attached hydrogens (tertiary/aromatic N) is 1. The van der Waals surface area contributed by atoms with Crippen LogP contribution in [0.5, 0.6) is 0 Å². The third kappa shape index (κ3) is 5.36. The monoisotopic (exact) mass is 745 g/mol. The SMILES string of the molecule is CC1(C)c2ccccc2-c2c(-c3ccc(N(c4ccc(-c5cccc6ccccc56)cc4)c4ccccc4-c4cccc5c4sc4ccccc45)cc3)cccc21. The molecule has 2 heteroatoms. The van der Waals surface area contributed by atoms with E-state index in [-0.39, 0.29) is 5.41 Å². The van der Waals surface area contributed by atoms with Crippen LogP contribution in [0.4, 0.5) is 17.1 Å². The van der Waals surface area contributed by atoms with Gasteiger partial charge in [-0.1, -0.05) is 178 Å². The lowest BCUT2D eigenvalue weighted by molar-refractivity contribution is 0.660. The van der Waals surface area contributed by atoms with Crippen molar-refractivity contribution >= 4 is 59.3 Å². The molecule has 1 heterocycles. The molecule has 10 aromatic rings. The smallest absolute Gasteiger partial charge is 0.0540 e. The van der Waals surface area contributed by atoms with Crippen LogP contribution < -0.4 is 4.90 Å². The first kappa shape index (κ1) is 33.6. The Morgan fingerprint density at radius 3 is 1.72 bits per heavy atom. The van der Waals surface area contributed by atoms with E-state index in [1.165, 1.54) is 86.6 Å². The van der Waals surface area contributed by atoms with Gasteiger partial charge in [0.2, 0.25) is 0 Å². The molecule has 0 N–H and O–H groups in total. The van der Waals surface area contributed by atoms with Crippen molar-refractivity contribution in [3.05, 3.63) is 211 Å². The predicted octanol–water partition coefficient (Wildman–Crippen LogP) is 16.0. The number of hydrogen-bond acceptors (Lipinski definition) is 2. The Kier molecular flexibility index (Phi) is 7.77. The average Bonchev–Trinajstić information content (AvgIpc) is 3.76. The number of hydrogen-bond donors (Lipinski definition) is 0. The minimum Gasteiger partial charge on any atom is -0.310 e. The molecule has 9 aromatic carbocycles. The Morgan fingerprint density at radius 2 is 0.912 bits per heavy atom. The van der Waals surface area contributed by atoms with Crippen LogP contribution in [0.2, 0.25) is 0 Å². The van der Waals surface area contributed by atoms with Crippen LogP contribution >= 0.6 is 11.3 Å². The molecule has 1 aliphatic rings. The molecular formula is C55H39NS. The van der Waals surface area contributed by atoms with Gasteiger partial charge in [0.25, 0.3) is 0 Å². The summed E-state index contributed by atoms with van der Waals surface area (Å²) < 4.78 is 2.63. The molecule has 1 aliphatic carbocycles. The Bertz CT molecular complexity index is 3140. The van der Waals surface area contributed by atoms with Gasteiger partial charge < -0.3 is 4.90 Å². The van der Waals surface area contributed by atoms with E-state index < -0.39 is 0 Å². The van der Waals surface area contributed by atoms with Crippen LogP contribution in [0, 0.1) is 0 Å². The van der Waals surface area contributed by atoms with Crippen molar-refractivity contribution in [1.82, 2.24) is 0 Å². The van der Waals surface area contributed by atoms with Crippen LogP contribution in [0.15, 0.2) is 200 Å². The molecule has 270 valence electrons. The van der Waals surface area contributed by atoms with Crippen molar-refractivity contribution in [3.8, 4) is 44.5 Å². The molecule has 0 spiro atoms. The Morgan fingerprint density at radius 1 is 0.386 bits per heavy atom. The van der Waals surface area contributed by atoms with Gasteiger partial charge in [-0.05, 0) is 91.7 Å². The summed E-state index contributed by atoms with van der Waals surface area (Å²) in [4.78, 5) is 2.44. The molecule has 0 fully saturated rings. The number of fused-ring (bicyclic) bond motifs is 7. The summed E-state index contributed by atoms with van der Waals surface area (Å²) in [5, 5.41) is 5.13. The standard InChI is InChI=1S/C55H39NS/c1-55(2)49-24-8-5-19-48(49)53-43(21-13-25-50(53)55)38-30-34-40(35-31-38)56(39-32-28-37(29-33-39)42-20-11-15-36-14-3-4-16-41(36)42)51-26-9-6-17-44(51)46-22-12-23-47-45-18-7-10-27-52(45)57-54(46)47/h3-35H,1-2H3. The lowest BCUT2D eigenvalue weighted by atomic mass is 9.82. The molecule has 1 aromatic heterocycles. The molecule has 57 heavy (non-hydrogen) atoms. The molecule has 0 aliphatic heterocycles. The zero-order valence-corrected chi connectivity index (χ0v) is 32.7. The number of benzene rings is 9. The Labute approximate surface area is 337 Å². The summed E-state index contributed by atoms with van der Waals surface area (Å²) in [6.07, 6.45) is 0. The fourth-order valence-corrected chi connectivity index (χ4v) is 10.6. The molecule has 0 bridgehead atoms. The quantitative estimate of drug-likeness (QED) is 0.164. The summed E-state index contributed by atoms with van der Waals surface area (Å²) >= 11 is 1.88. The number of thiophene rings is 1. The van der Waals surface area contributed by atoms with Gasteiger partial charge in [0.15, 0.2) is 0 Å². The third-order valence-corrected chi connectivity index (χ3v) is 13.3. The highest BCUT2D eigenvalue weighted by molar-refractivity contribution is 7.26. The van der Waals surface area contributed by atoms with E-state index in [4.69, 9.17) is 0 Å². The minimum absolute atomic E-state index is 0.0438. The molecule has 0 saturated heterocycles. The normalized spacial score (nSPS) is 12.9. The topological polar surface area (TPSA) is 3.24 Å². The van der Waals surface area contributed by atoms with Crippen LogP contribution in [0.1, 0.15) is 25.0 Å². The predicted molar refractivity (Wildman–Crippen MR) is 245 cm³/mol. The van der Waals surface area contributed by atoms with E-state index in [1.807, 2.05) is 11.3 Å². The van der Waals surface area contributed by atoms with E-state index >= 15 is 0 Å². The summed E-state index contributed by atoms with van der Waals surface area (Å²) in [5.41, 5.74) is 16.2. The molecule has 1 nitrogen and oxygen atoms in total. The summed E-state index contributed by atoms with van der Waals surface area (Å²) in [6, 6.07) is 73.8. The van der Waals surface area contributed by atoms with E-state index in [0.717, 1.165) is 17.1 Å². The van der Waals surface area contributed by atoms with Gasteiger partial charge >= 0.3 is 0 Å². The Hall–Kier alpha value is -6.74. The number of anilines is 3. The van der Waals surface area contributed by atoms with E-state index in [9.17, 15) is 0 Å². The first-order valence-corrected chi connectivity index (χ1v) is 20.6. The van der Waals surface area contributed by atoms with Crippen molar-refractivity contribution in [3.63, 3.8) is 0 Å². The molecular weight excluding hydrogens is 707 g/mol. The summed E-state index contributed by atoms with van der Waals surface area (Å²) in [5.74, 6) is 0. The maximum absolute atomic E-state index is 2.44. The van der Waals surface area contributed by atoms with E-state index in [0.29, 0.717) is 0 Å². The average molecular weight is 746 g/mol. The second-order valence-corrected chi connectivity index (χ2v) is 16.7. The van der Waals surface area contributed by atoms with Crippen molar-refractivity contribution in [2.45, 2.75) is 19.3 Å². The molecule has 0 unspecified atom stereocenters. The zero-order chi connectivity index (χ0) is 38.1. The van der Waals surface area contributed by atoms with Gasteiger partial charge in [0, 0.05) is 48.1 Å². The van der Waals surface area contributed by atoms with Crippen LogP contribution in [-0.2, 0) is 5.41 Å². The fourth-order valence-electron chi connectivity index (χ4n) is 9.34. The van der Waals surface area contributed by atoms with E-state index in [2.05, 4.69) is 219 Å². The van der Waals surface area contributed by atoms with Crippen LogP contribution in [-0.4, -0.2) is 0 Å². The van der Waals surface area contributed by atoms with E-state index in [1.54, 1.807) is 0 Å². The number of para-hydroxylation sites is 1. The van der Waals surface area contributed by atoms with Gasteiger partial charge in [-0.3, -0.25) is 0 Å². The maximum Gasteiger partial charge on any atom is 0.0540 e. The van der Waals surface area contributed by atoms with Crippen molar-refractivity contribution in [2.75, 3.05) is 4.90 Å². The minimum atomic E-state index is -0.0438. The second-order valence-electron chi connectivity index (χ2n) is 15.7. The first-order chi connectivity index (χ1) is 28.0. The molecule has 0 saturated carbocycles. The molecule has 0 radical (unpaired) electrons. The lowest BCUT2D eigenvalue weighted by Crippen LogP contribution is -2.14. The van der Waals surface area contributed by atoms with Gasteiger partial charge in [0.05, 0.1) is 5.69 Å². The Balaban J connectivity index is 1.07. The van der Waals surface area contributed by atoms with Crippen molar-refractivity contribution in [2.24, 2.45) is 0 Å². The van der Waals surface area contributed by atoms with Gasteiger partial charge in [-0.15, -0.1) is 11.3 Å². The molecule has 0 amide bonds. The fraction of sp³-hybridized carbons (Fsp3) is 0.0545. The van der Waals surface area contributed by atoms with Gasteiger partial charge in [-0.2, -0.15) is 0 Å². The highest BCUT2D eigenvalue weighted by atomic mass is 32.1. The summed E-state index contributed by atoms with van der Waals surface area (Å²) in [7, 11) is 0. The molecule has 11 rings (SSSR count). The zero-order valence-electron chi connectivity index (χ0n) is 31.9. The first-order valence-electron chi connectivity index (χ1n) is 19.8. The van der Waals surface area contributed by atoms with Crippen molar-refractivity contribution < 1.29 is 0 Å². The van der Waals surface area contributed by atoms with Crippen molar-refractivity contribution in [1.29, 1.82) is 0 Å². The highest BCUT2D eigenvalue weighted by Crippen LogP contribution is 2.52. The maximum atomic E-state index is 2.44.